The zero-order chi connectivity index (χ0) is 14.9. The van der Waals surface area contributed by atoms with Crippen molar-refractivity contribution in [3.63, 3.8) is 0 Å². The lowest BCUT2D eigenvalue weighted by Gasteiger charge is -2.44. The van der Waals surface area contributed by atoms with Crippen LogP contribution >= 0.6 is 0 Å². The van der Waals surface area contributed by atoms with Crippen LogP contribution in [0.15, 0.2) is 18.2 Å². The maximum atomic E-state index is 13.2. The van der Waals surface area contributed by atoms with E-state index in [-0.39, 0.29) is 11.6 Å². The predicted octanol–water partition coefficient (Wildman–Crippen LogP) is 3.59. The number of piperidine rings is 1. The molecule has 1 aromatic rings. The summed E-state index contributed by atoms with van der Waals surface area (Å²) in [4.78, 5) is 14.4. The lowest BCUT2D eigenvalue weighted by molar-refractivity contribution is 0.0472. The Morgan fingerprint density at radius 2 is 1.76 bits per heavy atom. The number of likely N-dealkylation sites (tertiary alicyclic amines) is 1. The molecular formula is C17H23FN2O. The summed E-state index contributed by atoms with van der Waals surface area (Å²) in [5.41, 5.74) is 6.57. The largest absolute Gasteiger partial charge is 0.396 e. The Kier molecular flexibility index (Phi) is 3.87. The number of benzene rings is 1. The molecular weight excluding hydrogens is 267 g/mol. The Morgan fingerprint density at radius 1 is 1.10 bits per heavy atom. The number of nitrogens with two attached hydrogens (primary N) is 1. The number of halogens is 1. The summed E-state index contributed by atoms with van der Waals surface area (Å²) in [5, 5.41) is 0. The molecule has 3 rings (SSSR count). The summed E-state index contributed by atoms with van der Waals surface area (Å²) in [6, 6.07) is 4.25. The van der Waals surface area contributed by atoms with E-state index < -0.39 is 5.82 Å². The third kappa shape index (κ3) is 2.89. The zero-order valence-electron chi connectivity index (χ0n) is 12.4. The van der Waals surface area contributed by atoms with Crippen molar-refractivity contribution in [1.29, 1.82) is 0 Å². The van der Waals surface area contributed by atoms with Crippen LogP contribution in [-0.4, -0.2) is 23.9 Å². The first-order chi connectivity index (χ1) is 10.1. The van der Waals surface area contributed by atoms with E-state index in [2.05, 4.69) is 0 Å². The van der Waals surface area contributed by atoms with Crippen LogP contribution in [0.3, 0.4) is 0 Å². The number of anilines is 1. The molecule has 1 saturated carbocycles. The van der Waals surface area contributed by atoms with E-state index in [1.165, 1.54) is 50.3 Å². The molecule has 1 aliphatic heterocycles. The molecule has 3 nitrogen and oxygen atoms in total. The number of nitrogens with zero attached hydrogens (tertiary/aromatic N) is 1. The quantitative estimate of drug-likeness (QED) is 0.803. The van der Waals surface area contributed by atoms with Crippen LogP contribution in [0.1, 0.15) is 55.3 Å². The average Bonchev–Trinajstić information content (AvgIpc) is 2.51. The molecule has 1 spiro atoms. The minimum absolute atomic E-state index is 0.0210. The maximum absolute atomic E-state index is 13.2. The minimum Gasteiger partial charge on any atom is -0.396 e. The van der Waals surface area contributed by atoms with Crippen LogP contribution in [0.5, 0.6) is 0 Å². The summed E-state index contributed by atoms with van der Waals surface area (Å²) in [6.07, 6.45) is 8.88. The van der Waals surface area contributed by atoms with Gasteiger partial charge in [-0.15, -0.1) is 0 Å². The smallest absolute Gasteiger partial charge is 0.253 e. The fourth-order valence-electron chi connectivity index (χ4n) is 3.85. The monoisotopic (exact) mass is 290 g/mol. The van der Waals surface area contributed by atoms with E-state index >= 15 is 0 Å². The second-order valence-corrected chi connectivity index (χ2v) is 6.59. The molecule has 2 aliphatic rings. The summed E-state index contributed by atoms with van der Waals surface area (Å²) in [5.74, 6) is -0.487. The maximum Gasteiger partial charge on any atom is 0.253 e. The molecule has 2 fully saturated rings. The Hall–Kier alpha value is -1.58. The summed E-state index contributed by atoms with van der Waals surface area (Å²) in [6.45, 7) is 1.63. The molecule has 0 aromatic heterocycles. The van der Waals surface area contributed by atoms with Crippen LogP contribution in [0.2, 0.25) is 0 Å². The molecule has 4 heteroatoms. The molecule has 1 saturated heterocycles. The van der Waals surface area contributed by atoms with Crippen molar-refractivity contribution >= 4 is 11.6 Å². The van der Waals surface area contributed by atoms with Gasteiger partial charge in [0.05, 0.1) is 5.69 Å². The molecule has 0 unspecified atom stereocenters. The van der Waals surface area contributed by atoms with Crippen LogP contribution in [-0.2, 0) is 0 Å². The van der Waals surface area contributed by atoms with Crippen LogP contribution in [0, 0.1) is 11.2 Å². The molecule has 0 atom stereocenters. The van der Waals surface area contributed by atoms with Gasteiger partial charge in [-0.25, -0.2) is 4.39 Å². The number of hydrogen-bond donors (Lipinski definition) is 1. The summed E-state index contributed by atoms with van der Waals surface area (Å²) in [7, 11) is 0. The van der Waals surface area contributed by atoms with Crippen molar-refractivity contribution in [3.05, 3.63) is 29.6 Å². The van der Waals surface area contributed by atoms with E-state index in [0.717, 1.165) is 25.9 Å². The molecule has 2 N–H and O–H groups in total. The number of carbonyl (C=O) groups excluding carboxylic acids is 1. The number of amides is 1. The highest BCUT2D eigenvalue weighted by atomic mass is 19.1. The highest BCUT2D eigenvalue weighted by Gasteiger charge is 2.36. The van der Waals surface area contributed by atoms with Gasteiger partial charge in [0.25, 0.3) is 5.91 Å². The standard InChI is InChI=1S/C17H23FN2O/c18-14-5-4-13(12-15(14)19)16(21)20-10-8-17(9-11-20)6-2-1-3-7-17/h4-5,12H,1-3,6-11,19H2. The van der Waals surface area contributed by atoms with Crippen molar-refractivity contribution in [3.8, 4) is 0 Å². The van der Waals surface area contributed by atoms with Crippen LogP contribution in [0.4, 0.5) is 10.1 Å². The van der Waals surface area contributed by atoms with Gasteiger partial charge in [-0.2, -0.15) is 0 Å². The average molecular weight is 290 g/mol. The molecule has 1 aromatic carbocycles. The molecule has 1 amide bonds. The van der Waals surface area contributed by atoms with Crippen molar-refractivity contribution < 1.29 is 9.18 Å². The number of carbonyl (C=O) groups is 1. The normalized spacial score (nSPS) is 21.5. The van der Waals surface area contributed by atoms with E-state index in [1.807, 2.05) is 4.90 Å². The second kappa shape index (κ2) is 5.66. The fourth-order valence-corrected chi connectivity index (χ4v) is 3.85. The highest BCUT2D eigenvalue weighted by molar-refractivity contribution is 5.95. The third-order valence-electron chi connectivity index (χ3n) is 5.27. The molecule has 1 aliphatic carbocycles. The highest BCUT2D eigenvalue weighted by Crippen LogP contribution is 2.44. The Balaban J connectivity index is 1.65. The van der Waals surface area contributed by atoms with Crippen molar-refractivity contribution in [2.45, 2.75) is 44.9 Å². The minimum atomic E-state index is -0.466. The van der Waals surface area contributed by atoms with Gasteiger partial charge in [-0.1, -0.05) is 19.3 Å². The fraction of sp³-hybridized carbons (Fsp3) is 0.588. The molecule has 114 valence electrons. The summed E-state index contributed by atoms with van der Waals surface area (Å²) >= 11 is 0. The van der Waals surface area contributed by atoms with Gasteiger partial charge in [-0.05, 0) is 49.3 Å². The van der Waals surface area contributed by atoms with Crippen LogP contribution in [0.25, 0.3) is 0 Å². The zero-order valence-corrected chi connectivity index (χ0v) is 12.4. The number of hydrogen-bond acceptors (Lipinski definition) is 2. The number of rotatable bonds is 1. The first-order valence-corrected chi connectivity index (χ1v) is 7.94. The van der Waals surface area contributed by atoms with Gasteiger partial charge < -0.3 is 10.6 Å². The van der Waals surface area contributed by atoms with E-state index in [0.29, 0.717) is 11.0 Å². The van der Waals surface area contributed by atoms with Crippen LogP contribution < -0.4 is 5.73 Å². The van der Waals surface area contributed by atoms with E-state index in [9.17, 15) is 9.18 Å². The first kappa shape index (κ1) is 14.4. The van der Waals surface area contributed by atoms with E-state index in [4.69, 9.17) is 5.73 Å². The lowest BCUT2D eigenvalue weighted by atomic mass is 9.68. The molecule has 0 bridgehead atoms. The second-order valence-electron chi connectivity index (χ2n) is 6.59. The Labute approximate surface area is 125 Å². The predicted molar refractivity (Wildman–Crippen MR) is 81.5 cm³/mol. The van der Waals surface area contributed by atoms with Gasteiger partial charge in [0.2, 0.25) is 0 Å². The van der Waals surface area contributed by atoms with Gasteiger partial charge in [-0.3, -0.25) is 4.79 Å². The molecule has 21 heavy (non-hydrogen) atoms. The van der Waals surface area contributed by atoms with E-state index in [1.54, 1.807) is 0 Å². The topological polar surface area (TPSA) is 46.3 Å². The first-order valence-electron chi connectivity index (χ1n) is 7.94. The van der Waals surface area contributed by atoms with Gasteiger partial charge in [0, 0.05) is 18.7 Å². The Bertz CT molecular complexity index is 528. The molecule has 0 radical (unpaired) electrons. The SMILES string of the molecule is Nc1cc(C(=O)N2CCC3(CCCCC3)CC2)ccc1F. The summed E-state index contributed by atoms with van der Waals surface area (Å²) < 4.78 is 13.2. The van der Waals surface area contributed by atoms with Gasteiger partial charge in [0.15, 0.2) is 0 Å². The van der Waals surface area contributed by atoms with Crippen molar-refractivity contribution in [1.82, 2.24) is 4.90 Å². The lowest BCUT2D eigenvalue weighted by Crippen LogP contribution is -2.43. The van der Waals surface area contributed by atoms with Gasteiger partial charge in [0.1, 0.15) is 5.82 Å². The number of nitrogen functional groups attached to an aromatic ring is 1. The Morgan fingerprint density at radius 3 is 2.38 bits per heavy atom. The van der Waals surface area contributed by atoms with Crippen molar-refractivity contribution in [2.75, 3.05) is 18.8 Å². The van der Waals surface area contributed by atoms with Gasteiger partial charge >= 0.3 is 0 Å². The third-order valence-corrected chi connectivity index (χ3v) is 5.27. The molecule has 1 heterocycles. The van der Waals surface area contributed by atoms with Crippen molar-refractivity contribution in [2.24, 2.45) is 5.41 Å².